The second-order valence-corrected chi connectivity index (χ2v) is 9.15. The Labute approximate surface area is 201 Å². The molecule has 1 N–H and O–H groups in total. The second kappa shape index (κ2) is 12.9. The molecule has 2 rings (SSSR count). The van der Waals surface area contributed by atoms with Gasteiger partial charge in [0.15, 0.2) is 6.61 Å². The van der Waals surface area contributed by atoms with Crippen LogP contribution < -0.4 is 10.1 Å². The van der Waals surface area contributed by atoms with Gasteiger partial charge in [0, 0.05) is 17.6 Å². The molecule has 168 valence electrons. The molecule has 0 bridgehead atoms. The summed E-state index contributed by atoms with van der Waals surface area (Å²) in [6.45, 7) is 6.68. The minimum atomic E-state index is -0.613. The molecule has 0 aliphatic rings. The van der Waals surface area contributed by atoms with Crippen LogP contribution in [0.2, 0.25) is 0 Å². The summed E-state index contributed by atoms with van der Waals surface area (Å²) >= 11 is 6.97. The lowest BCUT2D eigenvalue weighted by atomic mass is 10.1. The third kappa shape index (κ3) is 7.96. The summed E-state index contributed by atoms with van der Waals surface area (Å²) in [5.74, 6) is 0.197. The number of nitrogens with one attached hydrogen (secondary N) is 1. The van der Waals surface area contributed by atoms with E-state index in [0.29, 0.717) is 18.8 Å². The topological polar surface area (TPSA) is 58.6 Å². The number of carbonyl (C=O) groups is 2. The minimum Gasteiger partial charge on any atom is -0.483 e. The van der Waals surface area contributed by atoms with Crippen molar-refractivity contribution in [3.63, 3.8) is 0 Å². The summed E-state index contributed by atoms with van der Waals surface area (Å²) in [7, 11) is 0. The molecule has 31 heavy (non-hydrogen) atoms. The molecule has 0 heterocycles. The quantitative estimate of drug-likeness (QED) is 0.374. The van der Waals surface area contributed by atoms with Crippen molar-refractivity contribution in [2.24, 2.45) is 0 Å². The zero-order chi connectivity index (χ0) is 22.8. The molecule has 2 aromatic carbocycles. The van der Waals surface area contributed by atoms with E-state index in [4.69, 9.17) is 4.74 Å². The predicted molar refractivity (Wildman–Crippen MR) is 131 cm³/mol. The smallest absolute Gasteiger partial charge is 0.261 e. The average Bonchev–Trinajstić information content (AvgIpc) is 2.76. The third-order valence-electron chi connectivity index (χ3n) is 4.99. The molecule has 0 fully saturated rings. The molecule has 7 heteroatoms. The highest BCUT2D eigenvalue weighted by Gasteiger charge is 2.26. The highest BCUT2D eigenvalue weighted by Crippen LogP contribution is 2.26. The first-order valence-electron chi connectivity index (χ1n) is 10.6. The summed E-state index contributed by atoms with van der Waals surface area (Å²) in [5, 5.41) is 2.92. The molecular weight excluding hydrogens is 524 g/mol. The highest BCUT2D eigenvalue weighted by molar-refractivity contribution is 9.10. The van der Waals surface area contributed by atoms with Crippen molar-refractivity contribution < 1.29 is 14.3 Å². The van der Waals surface area contributed by atoms with Crippen molar-refractivity contribution in [3.8, 4) is 5.75 Å². The Balaban J connectivity index is 2.13. The molecular formula is C24H30Br2N2O3. The number of hydrogen-bond donors (Lipinski definition) is 1. The molecule has 0 saturated heterocycles. The zero-order valence-electron chi connectivity index (χ0n) is 18.3. The number of unbranched alkanes of at least 4 members (excludes halogenated alkanes) is 1. The maximum absolute atomic E-state index is 13.1. The maximum atomic E-state index is 13.1. The predicted octanol–water partition coefficient (Wildman–Crippen LogP) is 5.49. The van der Waals surface area contributed by atoms with Crippen LogP contribution in [0.3, 0.4) is 0 Å². The molecule has 0 spiro atoms. The summed E-state index contributed by atoms with van der Waals surface area (Å²) < 4.78 is 7.52. The largest absolute Gasteiger partial charge is 0.483 e. The Bertz CT molecular complexity index is 889. The lowest BCUT2D eigenvalue weighted by Crippen LogP contribution is -2.49. The van der Waals surface area contributed by atoms with Gasteiger partial charge in [-0.25, -0.2) is 0 Å². The fourth-order valence-electron chi connectivity index (χ4n) is 3.05. The van der Waals surface area contributed by atoms with Crippen molar-refractivity contribution in [1.82, 2.24) is 10.2 Å². The third-order valence-corrected chi connectivity index (χ3v) is 6.11. The second-order valence-electron chi connectivity index (χ2n) is 7.38. The fourth-order valence-corrected chi connectivity index (χ4v) is 4.04. The molecule has 2 amide bonds. The van der Waals surface area contributed by atoms with Gasteiger partial charge >= 0.3 is 0 Å². The van der Waals surface area contributed by atoms with Gasteiger partial charge in [-0.3, -0.25) is 9.59 Å². The van der Waals surface area contributed by atoms with Gasteiger partial charge in [0.2, 0.25) is 5.91 Å². The van der Waals surface area contributed by atoms with Crippen LogP contribution in [0.25, 0.3) is 0 Å². The summed E-state index contributed by atoms with van der Waals surface area (Å²) in [5.41, 5.74) is 2.11. The monoisotopic (exact) mass is 552 g/mol. The SMILES string of the molecule is CCCCNC(=O)C(C)N(Cc1cccc(Br)c1)C(=O)COc1ccc(CC)cc1Br. The molecule has 0 aromatic heterocycles. The van der Waals surface area contributed by atoms with E-state index in [1.807, 2.05) is 42.5 Å². The van der Waals surface area contributed by atoms with Crippen LogP contribution in [0.1, 0.15) is 44.7 Å². The van der Waals surface area contributed by atoms with Crippen LogP contribution in [-0.4, -0.2) is 35.9 Å². The number of carbonyl (C=O) groups excluding carboxylic acids is 2. The molecule has 1 atom stereocenters. The van der Waals surface area contributed by atoms with Crippen LogP contribution in [0.4, 0.5) is 0 Å². The van der Waals surface area contributed by atoms with Crippen LogP contribution >= 0.6 is 31.9 Å². The van der Waals surface area contributed by atoms with Gasteiger partial charge in [-0.2, -0.15) is 0 Å². The molecule has 0 aliphatic heterocycles. The number of aryl methyl sites for hydroxylation is 1. The van der Waals surface area contributed by atoms with E-state index in [9.17, 15) is 9.59 Å². The van der Waals surface area contributed by atoms with E-state index in [1.54, 1.807) is 11.8 Å². The van der Waals surface area contributed by atoms with Crippen LogP contribution in [0.15, 0.2) is 51.4 Å². The van der Waals surface area contributed by atoms with E-state index in [0.717, 1.165) is 33.8 Å². The normalized spacial score (nSPS) is 11.6. The first-order valence-corrected chi connectivity index (χ1v) is 12.2. The number of ether oxygens (including phenoxy) is 1. The van der Waals surface area contributed by atoms with Gasteiger partial charge in [0.1, 0.15) is 11.8 Å². The Morgan fingerprint density at radius 2 is 1.87 bits per heavy atom. The van der Waals surface area contributed by atoms with E-state index in [1.165, 1.54) is 5.56 Å². The summed E-state index contributed by atoms with van der Waals surface area (Å²) in [4.78, 5) is 27.3. The van der Waals surface area contributed by atoms with E-state index < -0.39 is 6.04 Å². The van der Waals surface area contributed by atoms with Crippen molar-refractivity contribution in [2.45, 2.75) is 52.6 Å². The number of benzene rings is 2. The number of nitrogens with zero attached hydrogens (tertiary/aromatic N) is 1. The molecule has 0 radical (unpaired) electrons. The molecule has 2 aromatic rings. The summed E-state index contributed by atoms with van der Waals surface area (Å²) in [6, 6.07) is 12.9. The van der Waals surface area contributed by atoms with Gasteiger partial charge in [-0.1, -0.05) is 54.4 Å². The van der Waals surface area contributed by atoms with Crippen molar-refractivity contribution in [3.05, 3.63) is 62.5 Å². The van der Waals surface area contributed by atoms with Crippen molar-refractivity contribution >= 4 is 43.7 Å². The van der Waals surface area contributed by atoms with Gasteiger partial charge in [-0.05, 0) is 71.1 Å². The highest BCUT2D eigenvalue weighted by atomic mass is 79.9. The average molecular weight is 554 g/mol. The Morgan fingerprint density at radius 3 is 2.52 bits per heavy atom. The van der Waals surface area contributed by atoms with Gasteiger partial charge in [0.05, 0.1) is 4.47 Å². The lowest BCUT2D eigenvalue weighted by molar-refractivity contribution is -0.142. The first kappa shape index (κ1) is 25.4. The number of hydrogen-bond acceptors (Lipinski definition) is 3. The lowest BCUT2D eigenvalue weighted by Gasteiger charge is -2.29. The Kier molecular flexibility index (Phi) is 10.5. The van der Waals surface area contributed by atoms with Crippen LogP contribution in [0, 0.1) is 0 Å². The van der Waals surface area contributed by atoms with Crippen molar-refractivity contribution in [2.75, 3.05) is 13.2 Å². The van der Waals surface area contributed by atoms with E-state index in [2.05, 4.69) is 51.0 Å². The number of halogens is 2. The molecule has 5 nitrogen and oxygen atoms in total. The standard InChI is InChI=1S/C24H30Br2N2O3/c1-4-6-12-27-24(30)17(3)28(15-19-8-7-9-20(25)13-19)23(29)16-31-22-11-10-18(5-2)14-21(22)26/h7-11,13-14,17H,4-6,12,15-16H2,1-3H3,(H,27,30). The van der Waals surface area contributed by atoms with E-state index >= 15 is 0 Å². The number of rotatable bonds is 11. The fraction of sp³-hybridized carbons (Fsp3) is 0.417. The molecule has 0 aliphatic carbocycles. The van der Waals surface area contributed by atoms with E-state index in [-0.39, 0.29) is 18.4 Å². The Morgan fingerprint density at radius 1 is 1.10 bits per heavy atom. The van der Waals surface area contributed by atoms with Crippen LogP contribution in [-0.2, 0) is 22.6 Å². The maximum Gasteiger partial charge on any atom is 0.261 e. The molecule has 1 unspecified atom stereocenters. The zero-order valence-corrected chi connectivity index (χ0v) is 21.5. The van der Waals surface area contributed by atoms with Gasteiger partial charge in [0.25, 0.3) is 5.91 Å². The van der Waals surface area contributed by atoms with Gasteiger partial charge in [-0.15, -0.1) is 0 Å². The number of amides is 2. The van der Waals surface area contributed by atoms with Gasteiger partial charge < -0.3 is 15.0 Å². The summed E-state index contributed by atoms with van der Waals surface area (Å²) in [6.07, 6.45) is 2.82. The molecule has 0 saturated carbocycles. The van der Waals surface area contributed by atoms with Crippen molar-refractivity contribution in [1.29, 1.82) is 0 Å². The Hall–Kier alpha value is -1.86. The van der Waals surface area contributed by atoms with Crippen LogP contribution in [0.5, 0.6) is 5.75 Å². The minimum absolute atomic E-state index is 0.148. The first-order chi connectivity index (χ1) is 14.8.